The molecule has 3 aromatic rings. The Labute approximate surface area is 165 Å². The maximum atomic E-state index is 12.1. The first-order valence-corrected chi connectivity index (χ1v) is 9.53. The second-order valence-corrected chi connectivity index (χ2v) is 7.23. The third-order valence-electron chi connectivity index (χ3n) is 3.58. The number of halogens is 2. The SMILES string of the molecule is C[C@@H](NC(=O)CSc1nnc(-c2ccccc2)o1)c1ccc(Cl)c(Cl)c1. The van der Waals surface area contributed by atoms with Crippen LogP contribution in [0.4, 0.5) is 0 Å². The molecule has 0 radical (unpaired) electrons. The van der Waals surface area contributed by atoms with E-state index >= 15 is 0 Å². The number of thioether (sulfide) groups is 1. The van der Waals surface area contributed by atoms with Crippen molar-refractivity contribution >= 4 is 40.9 Å². The van der Waals surface area contributed by atoms with E-state index in [0.29, 0.717) is 21.2 Å². The lowest BCUT2D eigenvalue weighted by molar-refractivity contribution is -0.119. The molecule has 1 aromatic heterocycles. The van der Waals surface area contributed by atoms with Gasteiger partial charge in [-0.1, -0.05) is 59.2 Å². The Hall–Kier alpha value is -2.02. The number of aromatic nitrogens is 2. The molecule has 1 N–H and O–H groups in total. The topological polar surface area (TPSA) is 68.0 Å². The van der Waals surface area contributed by atoms with Crippen LogP contribution in [0.3, 0.4) is 0 Å². The Morgan fingerprint density at radius 2 is 1.92 bits per heavy atom. The van der Waals surface area contributed by atoms with Gasteiger partial charge in [-0.05, 0) is 36.8 Å². The fourth-order valence-corrected chi connectivity index (χ4v) is 3.12. The van der Waals surface area contributed by atoms with Crippen LogP contribution in [0.2, 0.25) is 10.0 Å². The number of amides is 1. The number of nitrogens with one attached hydrogen (secondary N) is 1. The smallest absolute Gasteiger partial charge is 0.277 e. The molecule has 8 heteroatoms. The first-order valence-electron chi connectivity index (χ1n) is 7.79. The predicted octanol–water partition coefficient (Wildman–Crippen LogP) is 5.01. The summed E-state index contributed by atoms with van der Waals surface area (Å²) in [6.07, 6.45) is 0. The first-order chi connectivity index (χ1) is 12.5. The fraction of sp³-hybridized carbons (Fsp3) is 0.167. The molecule has 26 heavy (non-hydrogen) atoms. The van der Waals surface area contributed by atoms with Crippen molar-refractivity contribution in [3.05, 3.63) is 64.1 Å². The molecule has 2 aromatic carbocycles. The van der Waals surface area contributed by atoms with Crippen molar-refractivity contribution in [3.63, 3.8) is 0 Å². The fourth-order valence-electron chi connectivity index (χ4n) is 2.24. The van der Waals surface area contributed by atoms with E-state index in [4.69, 9.17) is 27.6 Å². The zero-order valence-electron chi connectivity index (χ0n) is 13.8. The van der Waals surface area contributed by atoms with E-state index in [9.17, 15) is 4.79 Å². The third-order valence-corrected chi connectivity index (χ3v) is 5.13. The van der Waals surface area contributed by atoms with Crippen LogP contribution in [0.5, 0.6) is 0 Å². The minimum atomic E-state index is -0.194. The third kappa shape index (κ3) is 4.78. The van der Waals surface area contributed by atoms with E-state index in [1.54, 1.807) is 12.1 Å². The van der Waals surface area contributed by atoms with Crippen LogP contribution in [-0.2, 0) is 4.79 Å². The molecule has 0 bridgehead atoms. The molecule has 0 saturated carbocycles. The first kappa shape index (κ1) is 18.8. The van der Waals surface area contributed by atoms with E-state index in [1.807, 2.05) is 43.3 Å². The van der Waals surface area contributed by atoms with Crippen molar-refractivity contribution < 1.29 is 9.21 Å². The van der Waals surface area contributed by atoms with Gasteiger partial charge in [-0.25, -0.2) is 0 Å². The minimum Gasteiger partial charge on any atom is -0.411 e. The van der Waals surface area contributed by atoms with Crippen LogP contribution in [0, 0.1) is 0 Å². The van der Waals surface area contributed by atoms with Gasteiger partial charge in [0.15, 0.2) is 0 Å². The molecule has 0 aliphatic heterocycles. The van der Waals surface area contributed by atoms with Crippen molar-refractivity contribution in [2.45, 2.75) is 18.2 Å². The summed E-state index contributed by atoms with van der Waals surface area (Å²) in [5, 5.41) is 12.1. The molecule has 0 aliphatic rings. The molecular formula is C18H15Cl2N3O2S. The van der Waals surface area contributed by atoms with Crippen LogP contribution in [0.1, 0.15) is 18.5 Å². The normalized spacial score (nSPS) is 12.0. The van der Waals surface area contributed by atoms with Crippen LogP contribution in [-0.4, -0.2) is 21.9 Å². The van der Waals surface area contributed by atoms with E-state index in [-0.39, 0.29) is 17.7 Å². The maximum Gasteiger partial charge on any atom is 0.277 e. The summed E-state index contributed by atoms with van der Waals surface area (Å²) in [7, 11) is 0. The Morgan fingerprint density at radius 3 is 2.65 bits per heavy atom. The summed E-state index contributed by atoms with van der Waals surface area (Å²) in [6, 6.07) is 14.5. The number of hydrogen-bond donors (Lipinski definition) is 1. The Balaban J connectivity index is 1.54. The van der Waals surface area contributed by atoms with Crippen molar-refractivity contribution in [1.29, 1.82) is 0 Å². The maximum absolute atomic E-state index is 12.1. The number of carbonyl (C=O) groups excluding carboxylic acids is 1. The number of nitrogens with zero attached hydrogens (tertiary/aromatic N) is 2. The van der Waals surface area contributed by atoms with Crippen LogP contribution < -0.4 is 5.32 Å². The highest BCUT2D eigenvalue weighted by Gasteiger charge is 2.14. The van der Waals surface area contributed by atoms with Crippen molar-refractivity contribution in [1.82, 2.24) is 15.5 Å². The highest BCUT2D eigenvalue weighted by atomic mass is 35.5. The van der Waals surface area contributed by atoms with Crippen molar-refractivity contribution in [3.8, 4) is 11.5 Å². The molecule has 1 amide bonds. The molecule has 0 fully saturated rings. The molecule has 1 atom stereocenters. The van der Waals surface area contributed by atoms with Gasteiger partial charge < -0.3 is 9.73 Å². The van der Waals surface area contributed by atoms with Gasteiger partial charge >= 0.3 is 0 Å². The molecule has 0 aliphatic carbocycles. The molecule has 5 nitrogen and oxygen atoms in total. The van der Waals surface area contributed by atoms with Crippen molar-refractivity contribution in [2.24, 2.45) is 0 Å². The quantitative estimate of drug-likeness (QED) is 0.581. The summed E-state index contributed by atoms with van der Waals surface area (Å²) in [5.41, 5.74) is 1.71. The zero-order valence-corrected chi connectivity index (χ0v) is 16.1. The second kappa shape index (κ2) is 8.58. The molecule has 1 heterocycles. The average molecular weight is 408 g/mol. The van der Waals surface area contributed by atoms with Gasteiger partial charge in [0.05, 0.1) is 21.8 Å². The van der Waals surface area contributed by atoms with Gasteiger partial charge in [-0.15, -0.1) is 10.2 Å². The molecule has 0 spiro atoms. The van der Waals surface area contributed by atoms with E-state index < -0.39 is 0 Å². The summed E-state index contributed by atoms with van der Waals surface area (Å²) in [6.45, 7) is 1.88. The molecular weight excluding hydrogens is 393 g/mol. The Bertz CT molecular complexity index is 902. The van der Waals surface area contributed by atoms with E-state index in [1.165, 1.54) is 11.8 Å². The lowest BCUT2D eigenvalue weighted by atomic mass is 10.1. The van der Waals surface area contributed by atoms with Gasteiger partial charge in [0, 0.05) is 5.56 Å². The Morgan fingerprint density at radius 1 is 1.15 bits per heavy atom. The largest absolute Gasteiger partial charge is 0.411 e. The van der Waals surface area contributed by atoms with E-state index in [0.717, 1.165) is 11.1 Å². The van der Waals surface area contributed by atoms with Crippen molar-refractivity contribution in [2.75, 3.05) is 5.75 Å². The standard InChI is InChI=1S/C18H15Cl2N3O2S/c1-11(13-7-8-14(19)15(20)9-13)21-16(24)10-26-18-23-22-17(25-18)12-5-3-2-4-6-12/h2-9,11H,10H2,1H3,(H,21,24)/t11-/m1/s1. The van der Waals surface area contributed by atoms with Gasteiger partial charge in [0.1, 0.15) is 0 Å². The number of carbonyl (C=O) groups is 1. The molecule has 3 rings (SSSR count). The summed E-state index contributed by atoms with van der Waals surface area (Å²) >= 11 is 13.1. The van der Waals surface area contributed by atoms with Gasteiger partial charge in [0.25, 0.3) is 5.22 Å². The lowest BCUT2D eigenvalue weighted by Crippen LogP contribution is -2.28. The van der Waals surface area contributed by atoms with Crippen LogP contribution in [0.15, 0.2) is 58.2 Å². The number of hydrogen-bond acceptors (Lipinski definition) is 5. The monoisotopic (exact) mass is 407 g/mol. The summed E-state index contributed by atoms with van der Waals surface area (Å²) in [5.74, 6) is 0.452. The lowest BCUT2D eigenvalue weighted by Gasteiger charge is -2.14. The molecule has 0 saturated heterocycles. The predicted molar refractivity (Wildman–Crippen MR) is 103 cm³/mol. The van der Waals surface area contributed by atoms with Gasteiger partial charge in [-0.2, -0.15) is 0 Å². The molecule has 0 unspecified atom stereocenters. The summed E-state index contributed by atoms with van der Waals surface area (Å²) in [4.78, 5) is 12.1. The highest BCUT2D eigenvalue weighted by Crippen LogP contribution is 2.26. The van der Waals surface area contributed by atoms with Crippen LogP contribution in [0.25, 0.3) is 11.5 Å². The van der Waals surface area contributed by atoms with Gasteiger partial charge in [-0.3, -0.25) is 4.79 Å². The Kier molecular flexibility index (Phi) is 6.19. The number of rotatable bonds is 6. The second-order valence-electron chi connectivity index (χ2n) is 5.49. The van der Waals surface area contributed by atoms with Crippen LogP contribution >= 0.6 is 35.0 Å². The molecule has 134 valence electrons. The summed E-state index contributed by atoms with van der Waals surface area (Å²) < 4.78 is 5.57. The number of benzene rings is 2. The average Bonchev–Trinajstić information content (AvgIpc) is 3.12. The zero-order chi connectivity index (χ0) is 18.5. The van der Waals surface area contributed by atoms with Gasteiger partial charge in [0.2, 0.25) is 11.8 Å². The highest BCUT2D eigenvalue weighted by molar-refractivity contribution is 7.99. The van der Waals surface area contributed by atoms with E-state index in [2.05, 4.69) is 15.5 Å². The minimum absolute atomic E-state index is 0.145.